The van der Waals surface area contributed by atoms with Crippen molar-refractivity contribution in [3.63, 3.8) is 0 Å². The molecule has 0 aromatic carbocycles. The molecule has 0 aliphatic heterocycles. The minimum absolute atomic E-state index is 0. The van der Waals surface area contributed by atoms with Gasteiger partial charge in [-0.25, -0.2) is 0 Å². The van der Waals surface area contributed by atoms with Gasteiger partial charge in [-0.1, -0.05) is 6.58 Å². The van der Waals surface area contributed by atoms with Crippen LogP contribution in [-0.2, 0) is 24.3 Å². The molecular weight excluding hydrogens is 143 g/mol. The summed E-state index contributed by atoms with van der Waals surface area (Å²) in [5.41, 5.74) is 5.09. The van der Waals surface area contributed by atoms with Gasteiger partial charge in [0, 0.05) is 25.1 Å². The Kier molecular flexibility index (Phi) is 5.69. The third kappa shape index (κ3) is 5.83. The molecule has 2 nitrogen and oxygen atoms in total. The Morgan fingerprint density at radius 3 is 1.86 bits per heavy atom. The first-order valence-corrected chi connectivity index (χ1v) is 1.60. The van der Waals surface area contributed by atoms with Crippen LogP contribution in [0, 0.1) is 0 Å². The normalized spacial score (nSPS) is 6.43. The smallest absolute Gasteiger partial charge is 0.243 e. The Labute approximate surface area is 55.5 Å². The van der Waals surface area contributed by atoms with Crippen LogP contribution in [0.4, 0.5) is 0 Å². The van der Waals surface area contributed by atoms with Crippen LogP contribution in [0.1, 0.15) is 6.92 Å². The number of hydrogen-bond acceptors (Lipinski definition) is 1. The number of nitrogens with two attached hydrogens (primary N) is 1. The Morgan fingerprint density at radius 2 is 1.86 bits per heavy atom. The van der Waals surface area contributed by atoms with Gasteiger partial charge < -0.3 is 5.73 Å². The summed E-state index contributed by atoms with van der Waals surface area (Å²) in [7, 11) is 0. The monoisotopic (exact) mass is 149 g/mol. The molecule has 0 aromatic heterocycles. The Bertz CT molecular complexity index is 77.7. The van der Waals surface area contributed by atoms with Gasteiger partial charge in [0.1, 0.15) is 0 Å². The quantitative estimate of drug-likeness (QED) is 0.416. The molecule has 0 saturated carbocycles. The average Bonchev–Trinajstić information content (AvgIpc) is 1.36. The Balaban J connectivity index is 0. The summed E-state index contributed by atoms with van der Waals surface area (Å²) in [5, 5.41) is 0. The molecule has 0 saturated heterocycles. The van der Waals surface area contributed by atoms with Gasteiger partial charge in [0.05, 0.1) is 0 Å². The van der Waals surface area contributed by atoms with Crippen LogP contribution < -0.4 is 5.73 Å². The predicted molar refractivity (Wildman–Crippen MR) is 24.0 cm³/mol. The molecule has 0 spiro atoms. The van der Waals surface area contributed by atoms with E-state index in [0.717, 1.165) is 0 Å². The molecule has 2 N–H and O–H groups in total. The molecule has 36 valence electrons. The van der Waals surface area contributed by atoms with Crippen LogP contribution in [0.3, 0.4) is 0 Å². The molecule has 0 rings (SSSR count). The van der Waals surface area contributed by atoms with Crippen LogP contribution in [0.2, 0.25) is 0 Å². The number of rotatable bonds is 1. The maximum absolute atomic E-state index is 9.82. The first-order valence-electron chi connectivity index (χ1n) is 1.60. The Morgan fingerprint density at radius 1 is 1.71 bits per heavy atom. The van der Waals surface area contributed by atoms with Crippen LogP contribution in [0.15, 0.2) is 12.2 Å². The van der Waals surface area contributed by atoms with Crippen molar-refractivity contribution >= 4 is 5.91 Å². The zero-order valence-corrected chi connectivity index (χ0v) is 7.37. The number of primary amides is 1. The van der Waals surface area contributed by atoms with E-state index in [1.807, 2.05) is 0 Å². The van der Waals surface area contributed by atoms with Crippen molar-refractivity contribution in [2.75, 3.05) is 0 Å². The van der Waals surface area contributed by atoms with Crippen molar-refractivity contribution < 1.29 is 24.3 Å². The number of amides is 1. The molecule has 0 bridgehead atoms. The maximum atomic E-state index is 9.82. The molecule has 1 amide bonds. The van der Waals surface area contributed by atoms with Gasteiger partial charge in [-0.05, 0) is 6.92 Å². The SMILES string of the molecule is C=C(C)C(N)=O.[Zn]. The standard InChI is InChI=1S/C4H7NO.Zn/c1-3(2)4(5)6;/h1H2,2H3,(H2,5,6);. The van der Waals surface area contributed by atoms with E-state index in [-0.39, 0.29) is 19.5 Å². The van der Waals surface area contributed by atoms with Crippen LogP contribution >= 0.6 is 0 Å². The molecule has 0 aromatic rings. The summed E-state index contributed by atoms with van der Waals surface area (Å²) < 4.78 is 0. The molecule has 0 fully saturated rings. The second-order valence-corrected chi connectivity index (χ2v) is 1.14. The number of hydrogen-bond donors (Lipinski definition) is 1. The summed E-state index contributed by atoms with van der Waals surface area (Å²) in [4.78, 5) is 9.82. The third-order valence-electron chi connectivity index (χ3n) is 0.421. The topological polar surface area (TPSA) is 43.1 Å². The maximum Gasteiger partial charge on any atom is 0.243 e. The molecule has 0 aliphatic carbocycles. The minimum Gasteiger partial charge on any atom is -0.366 e. The van der Waals surface area contributed by atoms with Crippen molar-refractivity contribution in [1.82, 2.24) is 0 Å². The number of carbonyl (C=O) groups excluding carboxylic acids is 1. The zero-order valence-electron chi connectivity index (χ0n) is 4.40. The first-order chi connectivity index (χ1) is 2.64. The second kappa shape index (κ2) is 4.00. The van der Waals surface area contributed by atoms with Crippen LogP contribution in [-0.4, -0.2) is 5.91 Å². The molecule has 0 radical (unpaired) electrons. The van der Waals surface area contributed by atoms with Crippen molar-refractivity contribution in [1.29, 1.82) is 0 Å². The van der Waals surface area contributed by atoms with E-state index in [1.165, 1.54) is 0 Å². The molecule has 0 aliphatic rings. The van der Waals surface area contributed by atoms with Crippen LogP contribution in [0.25, 0.3) is 0 Å². The molecule has 7 heavy (non-hydrogen) atoms. The summed E-state index contributed by atoms with van der Waals surface area (Å²) in [6.45, 7) is 4.85. The van der Waals surface area contributed by atoms with E-state index in [0.29, 0.717) is 5.57 Å². The molecule has 0 atom stereocenters. The molecule has 0 unspecified atom stereocenters. The van der Waals surface area contributed by atoms with Crippen LogP contribution in [0.5, 0.6) is 0 Å². The summed E-state index contributed by atoms with van der Waals surface area (Å²) >= 11 is 0. The molecule has 0 heterocycles. The Hall–Kier alpha value is -0.167. The second-order valence-electron chi connectivity index (χ2n) is 1.14. The van der Waals surface area contributed by atoms with E-state index in [9.17, 15) is 4.79 Å². The van der Waals surface area contributed by atoms with Gasteiger partial charge >= 0.3 is 0 Å². The fourth-order valence-electron chi connectivity index (χ4n) is 0. The minimum atomic E-state index is -0.435. The van der Waals surface area contributed by atoms with E-state index in [1.54, 1.807) is 6.92 Å². The van der Waals surface area contributed by atoms with Crippen molar-refractivity contribution in [3.8, 4) is 0 Å². The van der Waals surface area contributed by atoms with Gasteiger partial charge in [-0.2, -0.15) is 0 Å². The van der Waals surface area contributed by atoms with Gasteiger partial charge in [-0.15, -0.1) is 0 Å². The van der Waals surface area contributed by atoms with Crippen molar-refractivity contribution in [2.45, 2.75) is 6.92 Å². The summed E-state index contributed by atoms with van der Waals surface area (Å²) in [5.74, 6) is -0.435. The predicted octanol–water partition coefficient (Wildman–Crippen LogP) is 0.0453. The summed E-state index contributed by atoms with van der Waals surface area (Å²) in [6.07, 6.45) is 0. The van der Waals surface area contributed by atoms with Gasteiger partial charge in [0.15, 0.2) is 0 Å². The summed E-state index contributed by atoms with van der Waals surface area (Å²) in [6, 6.07) is 0. The molecular formula is C4H7NOZn. The van der Waals surface area contributed by atoms with Gasteiger partial charge in [0.25, 0.3) is 0 Å². The van der Waals surface area contributed by atoms with Gasteiger partial charge in [-0.3, -0.25) is 4.79 Å². The van der Waals surface area contributed by atoms with E-state index >= 15 is 0 Å². The number of carbonyl (C=O) groups is 1. The van der Waals surface area contributed by atoms with Gasteiger partial charge in [0.2, 0.25) is 5.91 Å². The van der Waals surface area contributed by atoms with Crippen molar-refractivity contribution in [3.05, 3.63) is 12.2 Å². The fraction of sp³-hybridized carbons (Fsp3) is 0.250. The van der Waals surface area contributed by atoms with E-state index in [4.69, 9.17) is 5.73 Å². The first kappa shape index (κ1) is 9.95. The largest absolute Gasteiger partial charge is 0.366 e. The van der Waals surface area contributed by atoms with Crippen molar-refractivity contribution in [2.24, 2.45) is 5.73 Å². The average molecular weight is 150 g/mol. The van der Waals surface area contributed by atoms with E-state index in [2.05, 4.69) is 6.58 Å². The van der Waals surface area contributed by atoms with E-state index < -0.39 is 5.91 Å². The third-order valence-corrected chi connectivity index (χ3v) is 0.421. The fourth-order valence-corrected chi connectivity index (χ4v) is 0. The molecule has 3 heteroatoms. The zero-order chi connectivity index (χ0) is 5.15.